The van der Waals surface area contributed by atoms with Crippen molar-refractivity contribution < 1.29 is 25.2 Å². The van der Waals surface area contributed by atoms with Crippen molar-refractivity contribution in [2.24, 2.45) is 0 Å². The summed E-state index contributed by atoms with van der Waals surface area (Å²) in [5.41, 5.74) is 2.07. The second-order valence-electron chi connectivity index (χ2n) is 12.0. The molecule has 224 valence electrons. The summed E-state index contributed by atoms with van der Waals surface area (Å²) >= 11 is 0. The molecule has 0 aliphatic heterocycles. The Kier molecular flexibility index (Phi) is 9.09. The van der Waals surface area contributed by atoms with Crippen LogP contribution in [0, 0.1) is 0 Å². The highest BCUT2D eigenvalue weighted by atomic mass is 32.2. The van der Waals surface area contributed by atoms with Crippen LogP contribution in [0.2, 0.25) is 0 Å². The van der Waals surface area contributed by atoms with Gasteiger partial charge in [0.2, 0.25) is 0 Å². The summed E-state index contributed by atoms with van der Waals surface area (Å²) < 4.78 is 55.7. The predicted molar refractivity (Wildman–Crippen MR) is 170 cm³/mol. The maximum atomic E-state index is 11.4. The van der Waals surface area contributed by atoms with Crippen LogP contribution in [0.4, 0.5) is 0 Å². The highest BCUT2D eigenvalue weighted by Gasteiger charge is 2.38. The molecule has 4 aromatic rings. The van der Waals surface area contributed by atoms with E-state index in [0.29, 0.717) is 0 Å². The zero-order chi connectivity index (χ0) is 29.8. The molecule has 4 aromatic carbocycles. The van der Waals surface area contributed by atoms with E-state index in [2.05, 4.69) is 60.7 Å². The number of hydrogen-bond donors (Lipinski definition) is 0. The number of hydrogen-bond acceptors (Lipinski definition) is 6. The van der Waals surface area contributed by atoms with Crippen molar-refractivity contribution in [3.8, 4) is 0 Å². The molecule has 2 aliphatic carbocycles. The monoisotopic (exact) mass is 608 g/mol. The van der Waals surface area contributed by atoms with Gasteiger partial charge in [-0.2, -0.15) is 16.8 Å². The standard InChI is InChI=1S/2C17H20O3S/c2*1-21(18,19)20-13-17(10-4-5-11-17)16-9-8-14-6-2-3-7-15(14)12-16/h2*2-3,6-9,12H,4-5,10-11,13H2,1H3. The molecule has 0 amide bonds. The minimum absolute atomic E-state index is 0.160. The molecule has 42 heavy (non-hydrogen) atoms. The van der Waals surface area contributed by atoms with Crippen LogP contribution >= 0.6 is 0 Å². The third kappa shape index (κ3) is 7.40. The van der Waals surface area contributed by atoms with E-state index in [0.717, 1.165) is 63.9 Å². The second-order valence-corrected chi connectivity index (χ2v) is 15.3. The molecular weight excluding hydrogens is 569 g/mol. The van der Waals surface area contributed by atoms with Gasteiger partial charge in [0.25, 0.3) is 20.2 Å². The van der Waals surface area contributed by atoms with Crippen molar-refractivity contribution in [1.82, 2.24) is 0 Å². The quantitative estimate of drug-likeness (QED) is 0.196. The molecule has 0 spiro atoms. The summed E-state index contributed by atoms with van der Waals surface area (Å²) in [6.45, 7) is 0.508. The minimum atomic E-state index is -3.40. The van der Waals surface area contributed by atoms with Gasteiger partial charge in [-0.05, 0) is 58.4 Å². The fourth-order valence-corrected chi connectivity index (χ4v) is 7.49. The van der Waals surface area contributed by atoms with E-state index in [1.807, 2.05) is 24.3 Å². The van der Waals surface area contributed by atoms with E-state index in [9.17, 15) is 16.8 Å². The zero-order valence-corrected chi connectivity index (χ0v) is 26.1. The molecule has 0 bridgehead atoms. The van der Waals surface area contributed by atoms with Gasteiger partial charge in [-0.15, -0.1) is 0 Å². The summed E-state index contributed by atoms with van der Waals surface area (Å²) in [6, 6.07) is 29.3. The maximum absolute atomic E-state index is 11.4. The SMILES string of the molecule is CS(=O)(=O)OCC1(c2ccc3ccccc3c2)CCCC1.CS(=O)(=O)OCC1(c2ccc3ccccc3c2)CCCC1. The molecule has 0 N–H and O–H groups in total. The Morgan fingerprint density at radius 2 is 0.857 bits per heavy atom. The lowest BCUT2D eigenvalue weighted by Gasteiger charge is -2.29. The highest BCUT2D eigenvalue weighted by Crippen LogP contribution is 2.43. The molecule has 6 nitrogen and oxygen atoms in total. The third-order valence-corrected chi connectivity index (χ3v) is 10.0. The summed E-state index contributed by atoms with van der Waals surface area (Å²) in [5, 5.41) is 4.80. The Morgan fingerprint density at radius 3 is 1.19 bits per heavy atom. The van der Waals surface area contributed by atoms with Gasteiger partial charge in [-0.1, -0.05) is 111 Å². The summed E-state index contributed by atoms with van der Waals surface area (Å²) in [7, 11) is -6.80. The molecule has 6 rings (SSSR count). The lowest BCUT2D eigenvalue weighted by Crippen LogP contribution is -2.29. The van der Waals surface area contributed by atoms with Crippen LogP contribution in [0.3, 0.4) is 0 Å². The first-order valence-corrected chi connectivity index (χ1v) is 18.3. The van der Waals surface area contributed by atoms with Crippen molar-refractivity contribution in [3.05, 3.63) is 96.1 Å². The van der Waals surface area contributed by atoms with E-state index in [4.69, 9.17) is 8.37 Å². The van der Waals surface area contributed by atoms with E-state index < -0.39 is 20.2 Å². The van der Waals surface area contributed by atoms with Gasteiger partial charge in [-0.25, -0.2) is 0 Å². The van der Waals surface area contributed by atoms with Gasteiger partial charge < -0.3 is 0 Å². The van der Waals surface area contributed by atoms with Gasteiger partial charge in [-0.3, -0.25) is 8.37 Å². The normalized spacial score (nSPS) is 18.1. The Bertz CT molecular complexity index is 1620. The molecule has 2 saturated carbocycles. The molecule has 0 atom stereocenters. The Hall–Kier alpha value is -2.78. The predicted octanol–water partition coefficient (Wildman–Crippen LogP) is 7.26. The Balaban J connectivity index is 0.000000168. The smallest absolute Gasteiger partial charge is 0.264 e. The Morgan fingerprint density at radius 1 is 0.524 bits per heavy atom. The van der Waals surface area contributed by atoms with Crippen LogP contribution < -0.4 is 0 Å². The second kappa shape index (κ2) is 12.4. The van der Waals surface area contributed by atoms with E-state index >= 15 is 0 Å². The largest absolute Gasteiger partial charge is 0.269 e. The molecule has 0 saturated heterocycles. The van der Waals surface area contributed by atoms with Crippen LogP contribution in [0.5, 0.6) is 0 Å². The van der Waals surface area contributed by atoms with Gasteiger partial charge in [0, 0.05) is 10.8 Å². The van der Waals surface area contributed by atoms with Gasteiger partial charge in [0.1, 0.15) is 0 Å². The van der Waals surface area contributed by atoms with Crippen molar-refractivity contribution in [3.63, 3.8) is 0 Å². The first kappa shape index (κ1) is 30.7. The highest BCUT2D eigenvalue weighted by molar-refractivity contribution is 7.86. The molecule has 0 heterocycles. The van der Waals surface area contributed by atoms with E-state index in [1.165, 1.54) is 32.7 Å². The van der Waals surface area contributed by atoms with Crippen LogP contribution in [-0.4, -0.2) is 42.6 Å². The van der Waals surface area contributed by atoms with Crippen LogP contribution in [0.15, 0.2) is 84.9 Å². The first-order valence-electron chi connectivity index (χ1n) is 14.6. The van der Waals surface area contributed by atoms with Crippen LogP contribution in [-0.2, 0) is 39.4 Å². The van der Waals surface area contributed by atoms with Crippen LogP contribution in [0.1, 0.15) is 62.5 Å². The van der Waals surface area contributed by atoms with Gasteiger partial charge in [0.05, 0.1) is 25.7 Å². The minimum Gasteiger partial charge on any atom is -0.269 e. The molecule has 2 fully saturated rings. The summed E-state index contributed by atoms with van der Waals surface area (Å²) in [4.78, 5) is 0. The topological polar surface area (TPSA) is 86.7 Å². The fraction of sp³-hybridized carbons (Fsp3) is 0.412. The first-order chi connectivity index (χ1) is 20.0. The summed E-state index contributed by atoms with van der Waals surface area (Å²) in [6.07, 6.45) is 10.7. The number of fused-ring (bicyclic) bond motifs is 2. The molecular formula is C34H40O6S2. The van der Waals surface area contributed by atoms with Crippen molar-refractivity contribution in [2.75, 3.05) is 25.7 Å². The molecule has 0 unspecified atom stereocenters. The average Bonchev–Trinajstić information content (AvgIpc) is 3.66. The lowest BCUT2D eigenvalue weighted by atomic mass is 9.79. The van der Waals surface area contributed by atoms with Gasteiger partial charge in [0.15, 0.2) is 0 Å². The number of rotatable bonds is 8. The van der Waals surface area contributed by atoms with Gasteiger partial charge >= 0.3 is 0 Å². The number of benzene rings is 4. The fourth-order valence-electron chi connectivity index (χ4n) is 6.61. The van der Waals surface area contributed by atoms with Crippen LogP contribution in [0.25, 0.3) is 21.5 Å². The average molecular weight is 609 g/mol. The molecule has 8 heteroatoms. The third-order valence-electron chi connectivity index (χ3n) is 8.94. The van der Waals surface area contributed by atoms with E-state index in [1.54, 1.807) is 0 Å². The molecule has 0 radical (unpaired) electrons. The van der Waals surface area contributed by atoms with Crippen molar-refractivity contribution in [2.45, 2.75) is 62.2 Å². The molecule has 0 aromatic heterocycles. The Labute approximate surface area is 250 Å². The molecule has 2 aliphatic rings. The maximum Gasteiger partial charge on any atom is 0.264 e. The summed E-state index contributed by atoms with van der Waals surface area (Å²) in [5.74, 6) is 0. The van der Waals surface area contributed by atoms with Crippen molar-refractivity contribution in [1.29, 1.82) is 0 Å². The lowest BCUT2D eigenvalue weighted by molar-refractivity contribution is 0.224. The van der Waals surface area contributed by atoms with Crippen molar-refractivity contribution >= 4 is 41.8 Å². The zero-order valence-electron chi connectivity index (χ0n) is 24.4. The van der Waals surface area contributed by atoms with E-state index in [-0.39, 0.29) is 24.0 Å².